The van der Waals surface area contributed by atoms with Crippen LogP contribution in [0.25, 0.3) is 10.8 Å². The molecule has 0 unspecified atom stereocenters. The molecule has 5 heteroatoms. The predicted octanol–water partition coefficient (Wildman–Crippen LogP) is 3.80. The molecule has 0 atom stereocenters. The van der Waals surface area contributed by atoms with Gasteiger partial charge in [-0.1, -0.05) is 42.8 Å². The lowest BCUT2D eigenvalue weighted by atomic mass is 10.2. The van der Waals surface area contributed by atoms with E-state index in [9.17, 15) is 0 Å². The van der Waals surface area contributed by atoms with Gasteiger partial charge in [-0.15, -0.1) is 0 Å². The van der Waals surface area contributed by atoms with E-state index in [1.54, 1.807) is 0 Å². The van der Waals surface area contributed by atoms with Crippen LogP contribution < -0.4 is 5.32 Å². The lowest BCUT2D eigenvalue weighted by molar-refractivity contribution is 0.746. The van der Waals surface area contributed by atoms with E-state index in [0.29, 0.717) is 11.7 Å². The number of nitrogens with one attached hydrogen (secondary N) is 1. The summed E-state index contributed by atoms with van der Waals surface area (Å²) in [6, 6.07) is 9.99. The Kier molecular flexibility index (Phi) is 3.80. The first-order valence-corrected chi connectivity index (χ1v) is 7.35. The van der Waals surface area contributed by atoms with Crippen LogP contribution in [0.1, 0.15) is 18.2 Å². The van der Waals surface area contributed by atoms with Crippen LogP contribution in [0.2, 0.25) is 5.15 Å². The lowest BCUT2D eigenvalue weighted by Crippen LogP contribution is -2.03. The molecule has 21 heavy (non-hydrogen) atoms. The van der Waals surface area contributed by atoms with Gasteiger partial charge in [0.15, 0.2) is 0 Å². The Bertz CT molecular complexity index is 779. The summed E-state index contributed by atoms with van der Waals surface area (Å²) in [5.74, 6) is 0.782. The van der Waals surface area contributed by atoms with Gasteiger partial charge in [0.1, 0.15) is 11.0 Å². The molecule has 0 spiro atoms. The maximum Gasteiger partial charge on any atom is 0.139 e. The van der Waals surface area contributed by atoms with Gasteiger partial charge in [-0.3, -0.25) is 4.68 Å². The van der Waals surface area contributed by atoms with Crippen LogP contribution in [0.15, 0.2) is 36.5 Å². The summed E-state index contributed by atoms with van der Waals surface area (Å²) in [4.78, 5) is 4.41. The number of hydrogen-bond acceptors (Lipinski definition) is 3. The molecule has 2 aromatic heterocycles. The van der Waals surface area contributed by atoms with E-state index >= 15 is 0 Å². The number of fused-ring (bicyclic) bond motifs is 1. The second-order valence-electron chi connectivity index (χ2n) is 5.00. The van der Waals surface area contributed by atoms with Crippen molar-refractivity contribution in [2.24, 2.45) is 7.05 Å². The Hall–Kier alpha value is -2.07. The number of benzene rings is 1. The largest absolute Gasteiger partial charge is 0.366 e. The van der Waals surface area contributed by atoms with Crippen LogP contribution in [-0.4, -0.2) is 14.8 Å². The van der Waals surface area contributed by atoms with Crippen molar-refractivity contribution < 1.29 is 0 Å². The third kappa shape index (κ3) is 2.85. The first-order chi connectivity index (χ1) is 10.2. The molecular formula is C16H17ClN4. The molecule has 108 valence electrons. The second kappa shape index (κ2) is 5.74. The highest BCUT2D eigenvalue weighted by Crippen LogP contribution is 2.24. The van der Waals surface area contributed by atoms with E-state index in [1.165, 1.54) is 5.56 Å². The fourth-order valence-corrected chi connectivity index (χ4v) is 2.72. The SMILES string of the molecule is CCc1nn(C)cc1CNc1cc2ccccc2c(Cl)n1. The van der Waals surface area contributed by atoms with Crippen molar-refractivity contribution in [1.82, 2.24) is 14.8 Å². The van der Waals surface area contributed by atoms with Crippen LogP contribution in [0.4, 0.5) is 5.82 Å². The summed E-state index contributed by atoms with van der Waals surface area (Å²) in [6.45, 7) is 2.80. The number of hydrogen-bond donors (Lipinski definition) is 1. The Morgan fingerprint density at radius 3 is 2.90 bits per heavy atom. The van der Waals surface area contributed by atoms with Crippen LogP contribution >= 0.6 is 11.6 Å². The molecule has 0 saturated heterocycles. The molecule has 0 bridgehead atoms. The second-order valence-corrected chi connectivity index (χ2v) is 5.36. The lowest BCUT2D eigenvalue weighted by Gasteiger charge is -2.08. The Morgan fingerprint density at radius 2 is 2.10 bits per heavy atom. The molecule has 2 heterocycles. The zero-order valence-corrected chi connectivity index (χ0v) is 12.9. The van der Waals surface area contributed by atoms with Crippen LogP contribution in [0.5, 0.6) is 0 Å². The summed E-state index contributed by atoms with van der Waals surface area (Å²) in [5, 5.41) is 10.4. The molecule has 0 aliphatic rings. The molecule has 3 aromatic rings. The van der Waals surface area contributed by atoms with Gasteiger partial charge in [0.05, 0.1) is 5.69 Å². The van der Waals surface area contributed by atoms with Crippen molar-refractivity contribution in [2.75, 3.05) is 5.32 Å². The first-order valence-electron chi connectivity index (χ1n) is 6.98. The molecule has 3 rings (SSSR count). The van der Waals surface area contributed by atoms with E-state index in [4.69, 9.17) is 11.6 Å². The average Bonchev–Trinajstić information content (AvgIpc) is 2.85. The highest BCUT2D eigenvalue weighted by Gasteiger charge is 2.07. The van der Waals surface area contributed by atoms with Crippen molar-refractivity contribution in [3.8, 4) is 0 Å². The quantitative estimate of drug-likeness (QED) is 0.745. The number of halogens is 1. The molecule has 1 N–H and O–H groups in total. The van der Waals surface area contributed by atoms with Crippen molar-refractivity contribution in [3.05, 3.63) is 52.9 Å². The molecule has 0 fully saturated rings. The topological polar surface area (TPSA) is 42.7 Å². The van der Waals surface area contributed by atoms with Crippen LogP contribution in [0, 0.1) is 0 Å². The summed E-state index contributed by atoms with van der Waals surface area (Å²) in [5.41, 5.74) is 2.29. The van der Waals surface area contributed by atoms with Crippen molar-refractivity contribution in [3.63, 3.8) is 0 Å². The average molecular weight is 301 g/mol. The summed E-state index contributed by atoms with van der Waals surface area (Å²) >= 11 is 6.24. The maximum absolute atomic E-state index is 6.24. The Balaban J connectivity index is 1.85. The predicted molar refractivity (Wildman–Crippen MR) is 86.7 cm³/mol. The van der Waals surface area contributed by atoms with Gasteiger partial charge in [-0.2, -0.15) is 5.10 Å². The monoisotopic (exact) mass is 300 g/mol. The van der Waals surface area contributed by atoms with Crippen molar-refractivity contribution in [1.29, 1.82) is 0 Å². The van der Waals surface area contributed by atoms with Crippen molar-refractivity contribution in [2.45, 2.75) is 19.9 Å². The Morgan fingerprint density at radius 1 is 1.29 bits per heavy atom. The number of aromatic nitrogens is 3. The first kappa shape index (κ1) is 13.9. The molecule has 1 aromatic carbocycles. The van der Waals surface area contributed by atoms with Gasteiger partial charge in [-0.05, 0) is 17.9 Å². The zero-order valence-electron chi connectivity index (χ0n) is 12.1. The fourth-order valence-electron chi connectivity index (χ4n) is 2.46. The van der Waals surface area contributed by atoms with Gasteiger partial charge in [0.25, 0.3) is 0 Å². The van der Waals surface area contributed by atoms with E-state index in [0.717, 1.165) is 28.7 Å². The number of nitrogens with zero attached hydrogens (tertiary/aromatic N) is 3. The van der Waals surface area contributed by atoms with Crippen LogP contribution in [-0.2, 0) is 20.0 Å². The highest BCUT2D eigenvalue weighted by molar-refractivity contribution is 6.34. The number of rotatable bonds is 4. The van der Waals surface area contributed by atoms with Crippen molar-refractivity contribution >= 4 is 28.2 Å². The van der Waals surface area contributed by atoms with Gasteiger partial charge < -0.3 is 5.32 Å². The third-order valence-electron chi connectivity index (χ3n) is 3.48. The maximum atomic E-state index is 6.24. The minimum atomic E-state index is 0.525. The minimum Gasteiger partial charge on any atom is -0.366 e. The van der Waals surface area contributed by atoms with Crippen LogP contribution in [0.3, 0.4) is 0 Å². The van der Waals surface area contributed by atoms with Gasteiger partial charge in [0.2, 0.25) is 0 Å². The zero-order chi connectivity index (χ0) is 14.8. The summed E-state index contributed by atoms with van der Waals surface area (Å²) in [7, 11) is 1.94. The van der Waals surface area contributed by atoms with E-state index < -0.39 is 0 Å². The number of pyridine rings is 1. The van der Waals surface area contributed by atoms with Gasteiger partial charge >= 0.3 is 0 Å². The van der Waals surface area contributed by atoms with E-state index in [-0.39, 0.29) is 0 Å². The van der Waals surface area contributed by atoms with Gasteiger partial charge in [0, 0.05) is 30.7 Å². The molecule has 0 saturated carbocycles. The number of aryl methyl sites for hydroxylation is 2. The molecular weight excluding hydrogens is 284 g/mol. The molecule has 4 nitrogen and oxygen atoms in total. The standard InChI is InChI=1S/C16H17ClN4/c1-3-14-12(10-21(2)20-14)9-18-15-8-11-6-4-5-7-13(11)16(17)19-15/h4-8,10H,3,9H2,1-2H3,(H,18,19). The smallest absolute Gasteiger partial charge is 0.139 e. The number of anilines is 1. The highest BCUT2D eigenvalue weighted by atomic mass is 35.5. The Labute approximate surface area is 128 Å². The molecule has 0 aliphatic carbocycles. The summed E-state index contributed by atoms with van der Waals surface area (Å²) < 4.78 is 1.84. The summed E-state index contributed by atoms with van der Waals surface area (Å²) in [6.07, 6.45) is 2.96. The molecule has 0 radical (unpaired) electrons. The van der Waals surface area contributed by atoms with E-state index in [1.807, 2.05) is 48.3 Å². The molecule has 0 aliphatic heterocycles. The fraction of sp³-hybridized carbons (Fsp3) is 0.250. The molecule has 0 amide bonds. The van der Waals surface area contributed by atoms with E-state index in [2.05, 4.69) is 22.3 Å². The normalized spacial score (nSPS) is 11.0. The van der Waals surface area contributed by atoms with Gasteiger partial charge in [-0.25, -0.2) is 4.98 Å². The third-order valence-corrected chi connectivity index (χ3v) is 3.77. The minimum absolute atomic E-state index is 0.525.